The molecule has 0 spiro atoms. The highest BCUT2D eigenvalue weighted by molar-refractivity contribution is 5.94. The third kappa shape index (κ3) is 4.76. The molecule has 8 heteroatoms. The second-order valence-corrected chi connectivity index (χ2v) is 5.70. The molecule has 1 fully saturated rings. The minimum absolute atomic E-state index is 0.0917. The first-order chi connectivity index (χ1) is 11.4. The van der Waals surface area contributed by atoms with E-state index in [0.717, 1.165) is 0 Å². The van der Waals surface area contributed by atoms with Crippen LogP contribution in [0.15, 0.2) is 18.2 Å². The van der Waals surface area contributed by atoms with Gasteiger partial charge in [0.05, 0.1) is 6.54 Å². The molecule has 130 valence electrons. The zero-order valence-corrected chi connectivity index (χ0v) is 13.4. The maximum Gasteiger partial charge on any atom is 0.322 e. The number of hydrogen-bond acceptors (Lipinski definition) is 4. The average Bonchev–Trinajstić information content (AvgIpc) is 2.55. The van der Waals surface area contributed by atoms with Crippen molar-refractivity contribution in [1.29, 1.82) is 0 Å². The summed E-state index contributed by atoms with van der Waals surface area (Å²) in [6.07, 6.45) is 0. The number of carbonyl (C=O) groups is 3. The Balaban J connectivity index is 1.83. The first kappa shape index (κ1) is 17.9. The molecule has 0 bridgehead atoms. The molecule has 1 aromatic rings. The minimum Gasteiger partial charge on any atom is -0.480 e. The van der Waals surface area contributed by atoms with E-state index in [9.17, 15) is 18.8 Å². The summed E-state index contributed by atoms with van der Waals surface area (Å²) in [5, 5.41) is 10.8. The van der Waals surface area contributed by atoms with Gasteiger partial charge in [-0.2, -0.15) is 0 Å². The molecule has 2 N–H and O–H groups in total. The Bertz CT molecular complexity index is 642. The van der Waals surface area contributed by atoms with Crippen molar-refractivity contribution in [3.05, 3.63) is 35.1 Å². The summed E-state index contributed by atoms with van der Waals surface area (Å²) in [5.41, 5.74) is 0.800. The smallest absolute Gasteiger partial charge is 0.322 e. The van der Waals surface area contributed by atoms with Crippen LogP contribution in [0.2, 0.25) is 0 Å². The van der Waals surface area contributed by atoms with E-state index in [4.69, 9.17) is 5.11 Å². The van der Waals surface area contributed by atoms with Gasteiger partial charge in [0.25, 0.3) is 5.91 Å². The van der Waals surface area contributed by atoms with E-state index in [2.05, 4.69) is 5.32 Å². The van der Waals surface area contributed by atoms with Crippen LogP contribution in [-0.4, -0.2) is 72.0 Å². The zero-order chi connectivity index (χ0) is 17.7. The van der Waals surface area contributed by atoms with Crippen LogP contribution in [0.3, 0.4) is 0 Å². The van der Waals surface area contributed by atoms with E-state index in [0.29, 0.717) is 37.3 Å². The second-order valence-electron chi connectivity index (χ2n) is 5.70. The summed E-state index contributed by atoms with van der Waals surface area (Å²) in [6.45, 7) is 3.19. The van der Waals surface area contributed by atoms with E-state index in [1.165, 1.54) is 6.07 Å². The summed E-state index contributed by atoms with van der Waals surface area (Å²) < 4.78 is 13.6. The molecule has 0 radical (unpaired) electrons. The van der Waals surface area contributed by atoms with Gasteiger partial charge in [-0.05, 0) is 24.6 Å². The lowest BCUT2D eigenvalue weighted by atomic mass is 10.1. The van der Waals surface area contributed by atoms with Crippen molar-refractivity contribution < 1.29 is 23.9 Å². The highest BCUT2D eigenvalue weighted by atomic mass is 19.1. The number of halogens is 1. The SMILES string of the molecule is Cc1ccc(C(=O)N2CCN(CC(=O)NCC(=O)O)CC2)cc1F. The highest BCUT2D eigenvalue weighted by Crippen LogP contribution is 2.13. The first-order valence-corrected chi connectivity index (χ1v) is 7.63. The lowest BCUT2D eigenvalue weighted by Crippen LogP contribution is -2.51. The summed E-state index contributed by atoms with van der Waals surface area (Å²) in [7, 11) is 0. The third-order valence-corrected chi connectivity index (χ3v) is 3.88. The summed E-state index contributed by atoms with van der Waals surface area (Å²) in [6, 6.07) is 4.42. The zero-order valence-electron chi connectivity index (χ0n) is 13.4. The topological polar surface area (TPSA) is 90.0 Å². The van der Waals surface area contributed by atoms with Gasteiger partial charge in [0.1, 0.15) is 12.4 Å². The van der Waals surface area contributed by atoms with E-state index >= 15 is 0 Å². The number of piperazine rings is 1. The van der Waals surface area contributed by atoms with Crippen molar-refractivity contribution in [2.24, 2.45) is 0 Å². The van der Waals surface area contributed by atoms with Crippen LogP contribution in [0.4, 0.5) is 4.39 Å². The normalized spacial score (nSPS) is 15.2. The van der Waals surface area contributed by atoms with E-state index < -0.39 is 18.3 Å². The highest BCUT2D eigenvalue weighted by Gasteiger charge is 2.23. The number of amides is 2. The second kappa shape index (κ2) is 7.87. The maximum atomic E-state index is 13.6. The predicted octanol–water partition coefficient (Wildman–Crippen LogP) is 0.0927. The molecule has 7 nitrogen and oxygen atoms in total. The number of carboxylic acid groups (broad SMARTS) is 1. The van der Waals surface area contributed by atoms with Crippen molar-refractivity contribution in [1.82, 2.24) is 15.1 Å². The van der Waals surface area contributed by atoms with E-state index in [1.54, 1.807) is 24.0 Å². The molecule has 1 heterocycles. The molecule has 24 heavy (non-hydrogen) atoms. The Morgan fingerprint density at radius 2 is 1.88 bits per heavy atom. The molecule has 0 unspecified atom stereocenters. The average molecular weight is 337 g/mol. The lowest BCUT2D eigenvalue weighted by Gasteiger charge is -2.34. The summed E-state index contributed by atoms with van der Waals surface area (Å²) in [4.78, 5) is 37.8. The molecular weight excluding hydrogens is 317 g/mol. The van der Waals surface area contributed by atoms with Crippen molar-refractivity contribution in [2.75, 3.05) is 39.3 Å². The van der Waals surface area contributed by atoms with Crippen molar-refractivity contribution >= 4 is 17.8 Å². The number of rotatable bonds is 5. The van der Waals surface area contributed by atoms with Crippen LogP contribution in [0, 0.1) is 12.7 Å². The molecule has 1 aliphatic heterocycles. The predicted molar refractivity (Wildman–Crippen MR) is 84.1 cm³/mol. The molecular formula is C16H20FN3O4. The van der Waals surface area contributed by atoms with Gasteiger partial charge >= 0.3 is 5.97 Å². The van der Waals surface area contributed by atoms with Gasteiger partial charge in [-0.25, -0.2) is 4.39 Å². The van der Waals surface area contributed by atoms with Crippen molar-refractivity contribution in [3.8, 4) is 0 Å². The van der Waals surface area contributed by atoms with Gasteiger partial charge in [-0.15, -0.1) is 0 Å². The lowest BCUT2D eigenvalue weighted by molar-refractivity contribution is -0.138. The molecule has 0 saturated carbocycles. The molecule has 2 amide bonds. The van der Waals surface area contributed by atoms with Crippen molar-refractivity contribution in [3.63, 3.8) is 0 Å². The number of hydrogen-bond donors (Lipinski definition) is 2. The van der Waals surface area contributed by atoms with Gasteiger partial charge in [-0.3, -0.25) is 19.3 Å². The monoisotopic (exact) mass is 337 g/mol. The van der Waals surface area contributed by atoms with Crippen molar-refractivity contribution in [2.45, 2.75) is 6.92 Å². The number of carbonyl (C=O) groups excluding carboxylic acids is 2. The standard InChI is InChI=1S/C16H20FN3O4/c1-11-2-3-12(8-13(11)17)16(24)20-6-4-19(5-7-20)10-14(21)18-9-15(22)23/h2-3,8H,4-7,9-10H2,1H3,(H,18,21)(H,22,23). The Kier molecular flexibility index (Phi) is 5.86. The Hall–Kier alpha value is -2.48. The molecule has 0 aromatic heterocycles. The fourth-order valence-corrected chi connectivity index (χ4v) is 2.45. The molecule has 1 saturated heterocycles. The van der Waals surface area contributed by atoms with E-state index in [-0.39, 0.29) is 18.4 Å². The Morgan fingerprint density at radius 3 is 2.46 bits per heavy atom. The quantitative estimate of drug-likeness (QED) is 0.795. The number of nitrogens with one attached hydrogen (secondary N) is 1. The fraction of sp³-hybridized carbons (Fsp3) is 0.438. The Morgan fingerprint density at radius 1 is 1.21 bits per heavy atom. The van der Waals surface area contributed by atoms with E-state index in [1.807, 2.05) is 4.90 Å². The van der Waals surface area contributed by atoms with Gasteiger partial charge in [0.15, 0.2) is 0 Å². The van der Waals surface area contributed by atoms with Crippen LogP contribution in [-0.2, 0) is 9.59 Å². The largest absolute Gasteiger partial charge is 0.480 e. The minimum atomic E-state index is -1.09. The van der Waals surface area contributed by atoms with Crippen LogP contribution in [0.25, 0.3) is 0 Å². The first-order valence-electron chi connectivity index (χ1n) is 7.63. The van der Waals surface area contributed by atoms with Gasteiger partial charge in [0.2, 0.25) is 5.91 Å². The molecule has 1 aromatic carbocycles. The summed E-state index contributed by atoms with van der Waals surface area (Å²) >= 11 is 0. The van der Waals surface area contributed by atoms with Crippen LogP contribution in [0.5, 0.6) is 0 Å². The molecule has 0 atom stereocenters. The number of carboxylic acids is 1. The molecule has 2 rings (SSSR count). The molecule has 1 aliphatic rings. The Labute approximate surface area is 139 Å². The number of benzene rings is 1. The maximum absolute atomic E-state index is 13.6. The van der Waals surface area contributed by atoms with Gasteiger partial charge < -0.3 is 15.3 Å². The van der Waals surface area contributed by atoms with Crippen LogP contribution < -0.4 is 5.32 Å². The number of aryl methyl sites for hydroxylation is 1. The number of aliphatic carboxylic acids is 1. The van der Waals surface area contributed by atoms with Gasteiger partial charge in [-0.1, -0.05) is 6.07 Å². The summed E-state index contributed by atoms with van der Waals surface area (Å²) in [5.74, 6) is -2.10. The van der Waals surface area contributed by atoms with Crippen LogP contribution in [0.1, 0.15) is 15.9 Å². The third-order valence-electron chi connectivity index (χ3n) is 3.88. The molecule has 0 aliphatic carbocycles. The fourth-order valence-electron chi connectivity index (χ4n) is 2.45. The number of nitrogens with zero attached hydrogens (tertiary/aromatic N) is 2. The van der Waals surface area contributed by atoms with Crippen LogP contribution >= 0.6 is 0 Å². The van der Waals surface area contributed by atoms with Gasteiger partial charge in [0, 0.05) is 31.7 Å².